The van der Waals surface area contributed by atoms with E-state index >= 15 is 0 Å². The highest BCUT2D eigenvalue weighted by Gasteiger charge is 2.23. The van der Waals surface area contributed by atoms with Crippen LogP contribution in [0, 0.1) is 0 Å². The van der Waals surface area contributed by atoms with Crippen LogP contribution in [0.5, 0.6) is 11.5 Å². The Balaban J connectivity index is 1.83. The molecule has 92 valence electrons. The van der Waals surface area contributed by atoms with Crippen molar-refractivity contribution in [2.75, 3.05) is 24.7 Å². The minimum Gasteiger partial charge on any atom is -0.508 e. The third-order valence-corrected chi connectivity index (χ3v) is 3.62. The van der Waals surface area contributed by atoms with Crippen LogP contribution in [0.4, 0.5) is 0 Å². The summed E-state index contributed by atoms with van der Waals surface area (Å²) in [5, 5.41) is 12.8. The van der Waals surface area contributed by atoms with Gasteiger partial charge < -0.3 is 15.2 Å². The fourth-order valence-electron chi connectivity index (χ4n) is 1.84. The number of thioether (sulfide) groups is 1. The predicted molar refractivity (Wildman–Crippen MR) is 71.9 cm³/mol. The van der Waals surface area contributed by atoms with Gasteiger partial charge in [-0.05, 0) is 12.1 Å². The van der Waals surface area contributed by atoms with E-state index in [1.165, 1.54) is 0 Å². The molecule has 0 aliphatic carbocycles. The second-order valence-corrected chi connectivity index (χ2v) is 5.05. The summed E-state index contributed by atoms with van der Waals surface area (Å²) in [4.78, 5) is 0. The second kappa shape index (κ2) is 5.98. The molecule has 1 aromatic carbocycles. The number of benzene rings is 1. The summed E-state index contributed by atoms with van der Waals surface area (Å²) in [6.07, 6.45) is 1.92. The van der Waals surface area contributed by atoms with Gasteiger partial charge >= 0.3 is 0 Å². The van der Waals surface area contributed by atoms with Gasteiger partial charge in [0, 0.05) is 29.7 Å². The van der Waals surface area contributed by atoms with Crippen molar-refractivity contribution in [3.8, 4) is 11.5 Å². The summed E-state index contributed by atoms with van der Waals surface area (Å²) in [7, 11) is 0. The van der Waals surface area contributed by atoms with Crippen molar-refractivity contribution >= 4 is 11.8 Å². The van der Waals surface area contributed by atoms with E-state index in [1.807, 2.05) is 23.9 Å². The van der Waals surface area contributed by atoms with Crippen molar-refractivity contribution in [1.82, 2.24) is 5.32 Å². The maximum Gasteiger partial charge on any atom is 0.127 e. The Morgan fingerprint density at radius 3 is 3.29 bits per heavy atom. The Labute approximate surface area is 106 Å². The van der Waals surface area contributed by atoms with E-state index in [4.69, 9.17) is 4.74 Å². The van der Waals surface area contributed by atoms with Crippen LogP contribution in [0.1, 0.15) is 11.6 Å². The number of phenols is 1. The van der Waals surface area contributed by atoms with Gasteiger partial charge in [-0.25, -0.2) is 0 Å². The van der Waals surface area contributed by atoms with Gasteiger partial charge in [0.15, 0.2) is 0 Å². The van der Waals surface area contributed by atoms with Crippen LogP contribution in [-0.2, 0) is 0 Å². The first-order chi connectivity index (χ1) is 8.31. The molecule has 2 rings (SSSR count). The number of ether oxygens (including phenoxy) is 1. The second-order valence-electron chi connectivity index (χ2n) is 3.90. The number of aromatic hydroxyl groups is 1. The van der Waals surface area contributed by atoms with E-state index in [-0.39, 0.29) is 11.8 Å². The lowest BCUT2D eigenvalue weighted by atomic mass is 10.1. The van der Waals surface area contributed by atoms with E-state index in [2.05, 4.69) is 11.9 Å². The van der Waals surface area contributed by atoms with Gasteiger partial charge in [0.05, 0.1) is 6.04 Å². The molecule has 0 radical (unpaired) electrons. The predicted octanol–water partition coefficient (Wildman–Crippen LogP) is 2.33. The molecular weight excluding hydrogens is 234 g/mol. The van der Waals surface area contributed by atoms with Crippen molar-refractivity contribution < 1.29 is 9.84 Å². The molecule has 1 heterocycles. The lowest BCUT2D eigenvalue weighted by Gasteiger charge is -2.10. The number of hydrogen-bond donors (Lipinski definition) is 2. The van der Waals surface area contributed by atoms with Gasteiger partial charge in [-0.2, -0.15) is 11.8 Å². The van der Waals surface area contributed by atoms with Crippen LogP contribution >= 0.6 is 11.8 Å². The van der Waals surface area contributed by atoms with Crippen molar-refractivity contribution in [3.05, 3.63) is 36.4 Å². The number of fused-ring (bicyclic) bond motifs is 1. The van der Waals surface area contributed by atoms with Crippen LogP contribution in [-0.4, -0.2) is 29.8 Å². The van der Waals surface area contributed by atoms with Crippen LogP contribution < -0.4 is 10.1 Å². The van der Waals surface area contributed by atoms with Crippen molar-refractivity contribution in [2.24, 2.45) is 0 Å². The molecule has 0 fully saturated rings. The molecule has 0 saturated heterocycles. The SMILES string of the molecule is C=CCSCCNC1COc2cc(O)ccc21. The van der Waals surface area contributed by atoms with Crippen LogP contribution in [0.15, 0.2) is 30.9 Å². The van der Waals surface area contributed by atoms with Gasteiger partial charge in [0.1, 0.15) is 18.1 Å². The average molecular weight is 251 g/mol. The van der Waals surface area contributed by atoms with Crippen LogP contribution in [0.25, 0.3) is 0 Å². The summed E-state index contributed by atoms with van der Waals surface area (Å²) in [6, 6.07) is 5.54. The van der Waals surface area contributed by atoms with E-state index in [9.17, 15) is 5.11 Å². The third-order valence-electron chi connectivity index (χ3n) is 2.65. The summed E-state index contributed by atoms with van der Waals surface area (Å²) in [5.41, 5.74) is 1.14. The van der Waals surface area contributed by atoms with Gasteiger partial charge in [-0.3, -0.25) is 0 Å². The zero-order valence-electron chi connectivity index (χ0n) is 9.69. The molecule has 3 nitrogen and oxygen atoms in total. The fourth-order valence-corrected chi connectivity index (χ4v) is 2.44. The Morgan fingerprint density at radius 1 is 1.59 bits per heavy atom. The molecule has 1 aliphatic heterocycles. The monoisotopic (exact) mass is 251 g/mol. The summed E-state index contributed by atoms with van der Waals surface area (Å²) < 4.78 is 5.52. The normalized spacial score (nSPS) is 17.5. The Hall–Kier alpha value is -1.13. The molecule has 1 unspecified atom stereocenters. The molecule has 0 bridgehead atoms. The molecular formula is C13H17NO2S. The lowest BCUT2D eigenvalue weighted by molar-refractivity contribution is 0.312. The Morgan fingerprint density at radius 2 is 2.47 bits per heavy atom. The largest absolute Gasteiger partial charge is 0.508 e. The summed E-state index contributed by atoms with van der Waals surface area (Å²) in [5.74, 6) is 3.11. The van der Waals surface area contributed by atoms with Crippen LogP contribution in [0.3, 0.4) is 0 Å². The molecule has 1 atom stereocenters. The first-order valence-electron chi connectivity index (χ1n) is 5.69. The van der Waals surface area contributed by atoms with E-state index in [0.717, 1.165) is 29.4 Å². The first kappa shape index (κ1) is 12.3. The standard InChI is InChI=1S/C13H17NO2S/c1-2-6-17-7-5-14-12-9-16-13-8-10(15)3-4-11(12)13/h2-4,8,12,14-15H,1,5-7,9H2. The number of rotatable bonds is 6. The van der Waals surface area contributed by atoms with E-state index < -0.39 is 0 Å². The molecule has 0 aromatic heterocycles. The maximum atomic E-state index is 9.34. The highest BCUT2D eigenvalue weighted by molar-refractivity contribution is 7.99. The maximum absolute atomic E-state index is 9.34. The molecule has 0 spiro atoms. The Kier molecular flexibility index (Phi) is 4.34. The number of nitrogens with one attached hydrogen (secondary N) is 1. The molecule has 2 N–H and O–H groups in total. The minimum atomic E-state index is 0.245. The van der Waals surface area contributed by atoms with E-state index in [0.29, 0.717) is 6.61 Å². The first-order valence-corrected chi connectivity index (χ1v) is 6.84. The minimum absolute atomic E-state index is 0.245. The molecule has 0 amide bonds. The van der Waals surface area contributed by atoms with Gasteiger partial charge in [-0.1, -0.05) is 6.08 Å². The van der Waals surface area contributed by atoms with Crippen molar-refractivity contribution in [2.45, 2.75) is 6.04 Å². The number of phenolic OH excluding ortho intramolecular Hbond substituents is 1. The van der Waals surface area contributed by atoms with Crippen LogP contribution in [0.2, 0.25) is 0 Å². The topological polar surface area (TPSA) is 41.5 Å². The molecule has 1 aromatic rings. The van der Waals surface area contributed by atoms with Crippen molar-refractivity contribution in [1.29, 1.82) is 0 Å². The number of hydrogen-bond acceptors (Lipinski definition) is 4. The quantitative estimate of drug-likeness (QED) is 0.601. The molecule has 17 heavy (non-hydrogen) atoms. The molecule has 0 saturated carbocycles. The average Bonchev–Trinajstić information content (AvgIpc) is 2.71. The molecule has 1 aliphatic rings. The summed E-state index contributed by atoms with van der Waals surface area (Å²) >= 11 is 1.86. The fraction of sp³-hybridized carbons (Fsp3) is 0.385. The summed E-state index contributed by atoms with van der Waals surface area (Å²) in [6.45, 7) is 5.28. The van der Waals surface area contributed by atoms with E-state index in [1.54, 1.807) is 12.1 Å². The molecule has 4 heteroatoms. The van der Waals surface area contributed by atoms with Gasteiger partial charge in [-0.15, -0.1) is 6.58 Å². The zero-order chi connectivity index (χ0) is 12.1. The highest BCUT2D eigenvalue weighted by atomic mass is 32.2. The Bertz CT molecular complexity index is 395. The van der Waals surface area contributed by atoms with Gasteiger partial charge in [0.25, 0.3) is 0 Å². The third kappa shape index (κ3) is 3.17. The van der Waals surface area contributed by atoms with Crippen molar-refractivity contribution in [3.63, 3.8) is 0 Å². The smallest absolute Gasteiger partial charge is 0.127 e. The lowest BCUT2D eigenvalue weighted by Crippen LogP contribution is -2.24. The van der Waals surface area contributed by atoms with Gasteiger partial charge in [0.2, 0.25) is 0 Å². The zero-order valence-corrected chi connectivity index (χ0v) is 10.5. The highest BCUT2D eigenvalue weighted by Crippen LogP contribution is 2.34.